The van der Waals surface area contributed by atoms with E-state index in [1.807, 2.05) is 31.2 Å². The first-order chi connectivity index (χ1) is 8.36. The van der Waals surface area contributed by atoms with Gasteiger partial charge in [-0.3, -0.25) is 0 Å². The van der Waals surface area contributed by atoms with E-state index in [1.165, 1.54) is 0 Å². The monoisotopic (exact) mass is 242 g/mol. The van der Waals surface area contributed by atoms with Crippen LogP contribution in [0.3, 0.4) is 0 Å². The van der Waals surface area contributed by atoms with Gasteiger partial charge >= 0.3 is 7.12 Å². The van der Waals surface area contributed by atoms with Gasteiger partial charge in [0.25, 0.3) is 0 Å². The molecule has 1 aromatic rings. The molecule has 0 atom stereocenters. The molecule has 18 heavy (non-hydrogen) atoms. The van der Waals surface area contributed by atoms with Crippen LogP contribution < -0.4 is 5.46 Å². The van der Waals surface area contributed by atoms with E-state index in [2.05, 4.69) is 39.5 Å². The molecule has 0 N–H and O–H groups in total. The summed E-state index contributed by atoms with van der Waals surface area (Å²) in [7, 11) is -0.311. The van der Waals surface area contributed by atoms with Crippen LogP contribution in [-0.2, 0) is 9.31 Å². The second-order valence-corrected chi connectivity index (χ2v) is 5.59. The van der Waals surface area contributed by atoms with Crippen molar-refractivity contribution in [2.24, 2.45) is 0 Å². The summed E-state index contributed by atoms with van der Waals surface area (Å²) >= 11 is 0. The van der Waals surface area contributed by atoms with Crippen molar-refractivity contribution in [2.75, 3.05) is 0 Å². The van der Waals surface area contributed by atoms with Gasteiger partial charge in [0.05, 0.1) is 11.2 Å². The van der Waals surface area contributed by atoms with Crippen molar-refractivity contribution in [1.82, 2.24) is 0 Å². The average molecular weight is 242 g/mol. The Hall–Kier alpha value is -1.24. The van der Waals surface area contributed by atoms with Gasteiger partial charge < -0.3 is 9.31 Å². The molecule has 0 bridgehead atoms. The van der Waals surface area contributed by atoms with Crippen LogP contribution in [0.5, 0.6) is 0 Å². The van der Waals surface area contributed by atoms with Crippen molar-refractivity contribution in [2.45, 2.75) is 45.8 Å². The Balaban J connectivity index is 2.28. The Bertz CT molecular complexity index is 493. The van der Waals surface area contributed by atoms with Crippen LogP contribution >= 0.6 is 0 Å². The number of hydrogen-bond acceptors (Lipinski definition) is 2. The van der Waals surface area contributed by atoms with Crippen LogP contribution in [0.15, 0.2) is 24.3 Å². The van der Waals surface area contributed by atoms with Gasteiger partial charge in [0.2, 0.25) is 0 Å². The SMILES string of the molecule is CC#Cc1cccc(B2OC(C)(C)C(C)(C)O2)c1. The topological polar surface area (TPSA) is 18.5 Å². The van der Waals surface area contributed by atoms with Crippen molar-refractivity contribution in [3.63, 3.8) is 0 Å². The van der Waals surface area contributed by atoms with Crippen molar-refractivity contribution in [1.29, 1.82) is 0 Å². The van der Waals surface area contributed by atoms with Gasteiger partial charge in [-0.05, 0) is 52.2 Å². The lowest BCUT2D eigenvalue weighted by atomic mass is 9.78. The van der Waals surface area contributed by atoms with E-state index in [0.717, 1.165) is 11.0 Å². The quantitative estimate of drug-likeness (QED) is 0.556. The van der Waals surface area contributed by atoms with Crippen molar-refractivity contribution >= 4 is 12.6 Å². The van der Waals surface area contributed by atoms with Crippen LogP contribution in [0.4, 0.5) is 0 Å². The smallest absolute Gasteiger partial charge is 0.399 e. The fourth-order valence-corrected chi connectivity index (χ4v) is 1.89. The highest BCUT2D eigenvalue weighted by Crippen LogP contribution is 2.36. The molecular formula is C15H19BO2. The molecule has 0 spiro atoms. The summed E-state index contributed by atoms with van der Waals surface area (Å²) in [4.78, 5) is 0. The summed E-state index contributed by atoms with van der Waals surface area (Å²) in [6, 6.07) is 8.02. The van der Waals surface area contributed by atoms with E-state index < -0.39 is 0 Å². The normalized spacial score (nSPS) is 20.4. The Morgan fingerprint density at radius 2 is 1.67 bits per heavy atom. The zero-order valence-electron chi connectivity index (χ0n) is 11.7. The van der Waals surface area contributed by atoms with E-state index in [4.69, 9.17) is 9.31 Å². The maximum atomic E-state index is 6.01. The molecule has 1 aliphatic heterocycles. The zero-order valence-corrected chi connectivity index (χ0v) is 11.7. The molecule has 3 heteroatoms. The highest BCUT2D eigenvalue weighted by atomic mass is 16.7. The molecule has 1 saturated heterocycles. The fourth-order valence-electron chi connectivity index (χ4n) is 1.89. The molecular weight excluding hydrogens is 223 g/mol. The molecule has 1 aromatic carbocycles. The van der Waals surface area contributed by atoms with Gasteiger partial charge in [0.15, 0.2) is 0 Å². The van der Waals surface area contributed by atoms with Crippen molar-refractivity contribution in [3.05, 3.63) is 29.8 Å². The second kappa shape index (κ2) is 4.46. The summed E-state index contributed by atoms with van der Waals surface area (Å²) in [6.07, 6.45) is 0. The summed E-state index contributed by atoms with van der Waals surface area (Å²) < 4.78 is 12.0. The second-order valence-electron chi connectivity index (χ2n) is 5.59. The lowest BCUT2D eigenvalue weighted by Crippen LogP contribution is -2.41. The molecule has 0 radical (unpaired) electrons. The van der Waals surface area contributed by atoms with Crippen LogP contribution in [0.1, 0.15) is 40.2 Å². The molecule has 1 aliphatic rings. The summed E-state index contributed by atoms with van der Waals surface area (Å²) in [6.45, 7) is 10.1. The molecule has 0 amide bonds. The minimum Gasteiger partial charge on any atom is -0.399 e. The summed E-state index contributed by atoms with van der Waals surface area (Å²) in [5.41, 5.74) is 1.41. The first kappa shape index (κ1) is 13.2. The Morgan fingerprint density at radius 3 is 2.22 bits per heavy atom. The first-order valence-electron chi connectivity index (χ1n) is 6.24. The van der Waals surface area contributed by atoms with E-state index in [9.17, 15) is 0 Å². The third-order valence-corrected chi connectivity index (χ3v) is 3.68. The van der Waals surface area contributed by atoms with E-state index in [1.54, 1.807) is 0 Å². The molecule has 2 rings (SSSR count). The maximum absolute atomic E-state index is 6.01. The predicted molar refractivity (Wildman–Crippen MR) is 74.7 cm³/mol. The van der Waals surface area contributed by atoms with Crippen LogP contribution in [0.2, 0.25) is 0 Å². The maximum Gasteiger partial charge on any atom is 0.494 e. The van der Waals surface area contributed by atoms with Crippen LogP contribution in [0, 0.1) is 11.8 Å². The predicted octanol–water partition coefficient (Wildman–Crippen LogP) is 2.36. The number of rotatable bonds is 1. The number of benzene rings is 1. The molecule has 2 nitrogen and oxygen atoms in total. The summed E-state index contributed by atoms with van der Waals surface area (Å²) in [5, 5.41) is 0. The van der Waals surface area contributed by atoms with Gasteiger partial charge in [-0.2, -0.15) is 0 Å². The largest absolute Gasteiger partial charge is 0.494 e. The fraction of sp³-hybridized carbons (Fsp3) is 0.467. The highest BCUT2D eigenvalue weighted by molar-refractivity contribution is 6.62. The van der Waals surface area contributed by atoms with Gasteiger partial charge in [-0.25, -0.2) is 0 Å². The minimum absolute atomic E-state index is 0.301. The third kappa shape index (κ3) is 2.31. The van der Waals surface area contributed by atoms with Gasteiger partial charge in [-0.15, -0.1) is 5.92 Å². The Labute approximate surface area is 110 Å². The minimum atomic E-state index is -0.311. The standard InChI is InChI=1S/C15H19BO2/c1-6-8-12-9-7-10-13(11-12)16-17-14(2,3)15(4,5)18-16/h7,9-11H,1-5H3. The molecule has 1 fully saturated rings. The van der Waals surface area contributed by atoms with E-state index in [-0.39, 0.29) is 18.3 Å². The average Bonchev–Trinajstić information content (AvgIpc) is 2.49. The van der Waals surface area contributed by atoms with Crippen molar-refractivity contribution in [3.8, 4) is 11.8 Å². The molecule has 1 heterocycles. The third-order valence-electron chi connectivity index (χ3n) is 3.68. The van der Waals surface area contributed by atoms with Gasteiger partial charge in [0, 0.05) is 5.56 Å². The summed E-state index contributed by atoms with van der Waals surface area (Å²) in [5.74, 6) is 5.95. The molecule has 0 unspecified atom stereocenters. The Morgan fingerprint density at radius 1 is 1.06 bits per heavy atom. The lowest BCUT2D eigenvalue weighted by Gasteiger charge is -2.32. The molecule has 94 valence electrons. The number of hydrogen-bond donors (Lipinski definition) is 0. The molecule has 0 aromatic heterocycles. The Kier molecular flexibility index (Phi) is 3.27. The lowest BCUT2D eigenvalue weighted by molar-refractivity contribution is 0.00578. The van der Waals surface area contributed by atoms with Crippen LogP contribution in [-0.4, -0.2) is 18.3 Å². The molecule has 0 aliphatic carbocycles. The van der Waals surface area contributed by atoms with E-state index in [0.29, 0.717) is 0 Å². The van der Waals surface area contributed by atoms with Crippen LogP contribution in [0.25, 0.3) is 0 Å². The van der Waals surface area contributed by atoms with Gasteiger partial charge in [-0.1, -0.05) is 18.1 Å². The van der Waals surface area contributed by atoms with Gasteiger partial charge in [0.1, 0.15) is 0 Å². The first-order valence-corrected chi connectivity index (χ1v) is 6.24. The van der Waals surface area contributed by atoms with Crippen molar-refractivity contribution < 1.29 is 9.31 Å². The molecule has 0 saturated carbocycles. The van der Waals surface area contributed by atoms with E-state index >= 15 is 0 Å². The zero-order chi connectivity index (χ0) is 13.4. The highest BCUT2D eigenvalue weighted by Gasteiger charge is 2.51.